The second kappa shape index (κ2) is 7.84. The third-order valence-corrected chi connectivity index (χ3v) is 3.43. The summed E-state index contributed by atoms with van der Waals surface area (Å²) in [6, 6.07) is 10.3. The molecule has 8 nitrogen and oxygen atoms in total. The number of hydrazone groups is 1. The molecule has 1 amide bonds. The summed E-state index contributed by atoms with van der Waals surface area (Å²) in [5.41, 5.74) is 4.16. The van der Waals surface area contributed by atoms with Crippen LogP contribution in [-0.2, 0) is 0 Å². The molecule has 3 rings (SSSR count). The van der Waals surface area contributed by atoms with Gasteiger partial charge in [-0.3, -0.25) is 14.6 Å². The van der Waals surface area contributed by atoms with Crippen molar-refractivity contribution < 1.29 is 9.53 Å². The third-order valence-electron chi connectivity index (χ3n) is 3.43. The molecule has 26 heavy (non-hydrogen) atoms. The van der Waals surface area contributed by atoms with Gasteiger partial charge >= 0.3 is 0 Å². The summed E-state index contributed by atoms with van der Waals surface area (Å²) in [7, 11) is 1.59. The molecule has 0 radical (unpaired) electrons. The Morgan fingerprint density at radius 2 is 2.04 bits per heavy atom. The van der Waals surface area contributed by atoms with Crippen LogP contribution in [0.3, 0.4) is 0 Å². The van der Waals surface area contributed by atoms with Crippen LogP contribution in [0.2, 0.25) is 0 Å². The number of carbonyl (C=O) groups excluding carboxylic acids is 1. The van der Waals surface area contributed by atoms with Crippen LogP contribution in [-0.4, -0.2) is 34.2 Å². The number of nitrogens with one attached hydrogen (secondary N) is 2. The summed E-state index contributed by atoms with van der Waals surface area (Å²) in [5.74, 6) is 0.221. The Balaban J connectivity index is 1.72. The van der Waals surface area contributed by atoms with Crippen molar-refractivity contribution in [2.75, 3.05) is 7.11 Å². The normalized spacial score (nSPS) is 10.7. The first-order valence-corrected chi connectivity index (χ1v) is 7.64. The molecule has 0 aliphatic heterocycles. The van der Waals surface area contributed by atoms with Crippen molar-refractivity contribution in [3.8, 4) is 17.0 Å². The largest absolute Gasteiger partial charge is 0.497 e. The van der Waals surface area contributed by atoms with Crippen LogP contribution in [0.5, 0.6) is 5.75 Å². The van der Waals surface area contributed by atoms with Gasteiger partial charge in [0, 0.05) is 23.4 Å². The topological polar surface area (TPSA) is 109 Å². The van der Waals surface area contributed by atoms with Crippen molar-refractivity contribution in [3.63, 3.8) is 0 Å². The monoisotopic (exact) mass is 349 g/mol. The highest BCUT2D eigenvalue weighted by Crippen LogP contribution is 2.20. The SMILES string of the molecule is COc1ccc(-c2cncc(C(=O)N/N=C/c3cc[nH]c(=O)c3)n2)cc1. The number of amides is 1. The molecular weight excluding hydrogens is 334 g/mol. The molecule has 0 saturated heterocycles. The van der Waals surface area contributed by atoms with Gasteiger partial charge in [0.1, 0.15) is 11.4 Å². The number of aromatic amines is 1. The van der Waals surface area contributed by atoms with E-state index in [-0.39, 0.29) is 11.3 Å². The molecule has 2 N–H and O–H groups in total. The maximum Gasteiger partial charge on any atom is 0.291 e. The van der Waals surface area contributed by atoms with E-state index in [9.17, 15) is 9.59 Å². The van der Waals surface area contributed by atoms with Crippen molar-refractivity contribution in [1.29, 1.82) is 0 Å². The lowest BCUT2D eigenvalue weighted by Crippen LogP contribution is -2.19. The van der Waals surface area contributed by atoms with Crippen molar-refractivity contribution in [2.45, 2.75) is 0 Å². The third kappa shape index (κ3) is 4.18. The number of hydrogen-bond acceptors (Lipinski definition) is 6. The van der Waals surface area contributed by atoms with Gasteiger partial charge in [-0.1, -0.05) is 0 Å². The number of hydrogen-bond donors (Lipinski definition) is 2. The zero-order valence-electron chi connectivity index (χ0n) is 13.8. The number of pyridine rings is 1. The first-order chi connectivity index (χ1) is 12.7. The molecule has 1 aromatic carbocycles. The lowest BCUT2D eigenvalue weighted by molar-refractivity contribution is 0.0950. The van der Waals surface area contributed by atoms with Crippen LogP contribution in [0.1, 0.15) is 16.1 Å². The number of aromatic nitrogens is 3. The second-order valence-corrected chi connectivity index (χ2v) is 5.20. The standard InChI is InChI=1S/C18H15N5O3/c1-26-14-4-2-13(3-5-14)15-10-19-11-16(22-15)18(25)23-21-9-12-6-7-20-17(24)8-12/h2-11H,1H3,(H,20,24)(H,23,25)/b21-9+. The molecule has 0 aliphatic carbocycles. The highest BCUT2D eigenvalue weighted by Gasteiger charge is 2.09. The van der Waals surface area contributed by atoms with E-state index in [1.165, 1.54) is 24.7 Å². The van der Waals surface area contributed by atoms with Crippen LogP contribution in [0, 0.1) is 0 Å². The van der Waals surface area contributed by atoms with Crippen LogP contribution in [0.4, 0.5) is 0 Å². The summed E-state index contributed by atoms with van der Waals surface area (Å²) in [6.45, 7) is 0. The maximum absolute atomic E-state index is 12.2. The summed E-state index contributed by atoms with van der Waals surface area (Å²) in [4.78, 5) is 34.2. The molecule has 2 heterocycles. The van der Waals surface area contributed by atoms with Gasteiger partial charge < -0.3 is 9.72 Å². The molecule has 0 fully saturated rings. The van der Waals surface area contributed by atoms with Crippen LogP contribution in [0.15, 0.2) is 64.9 Å². The Morgan fingerprint density at radius 3 is 2.77 bits per heavy atom. The van der Waals surface area contributed by atoms with E-state index in [2.05, 4.69) is 25.5 Å². The van der Waals surface area contributed by atoms with Crippen LogP contribution >= 0.6 is 0 Å². The molecule has 0 bridgehead atoms. The van der Waals surface area contributed by atoms with Crippen molar-refractivity contribution in [3.05, 3.63) is 76.6 Å². The summed E-state index contributed by atoms with van der Waals surface area (Å²) >= 11 is 0. The van der Waals surface area contributed by atoms with Gasteiger partial charge in [-0.15, -0.1) is 0 Å². The quantitative estimate of drug-likeness (QED) is 0.537. The van der Waals surface area contributed by atoms with E-state index in [4.69, 9.17) is 4.74 Å². The van der Waals surface area contributed by atoms with Gasteiger partial charge in [0.2, 0.25) is 5.56 Å². The summed E-state index contributed by atoms with van der Waals surface area (Å²) in [6.07, 6.45) is 5.78. The van der Waals surface area contributed by atoms with Gasteiger partial charge in [0.25, 0.3) is 5.91 Å². The lowest BCUT2D eigenvalue weighted by atomic mass is 10.1. The Morgan fingerprint density at radius 1 is 1.23 bits per heavy atom. The molecule has 130 valence electrons. The summed E-state index contributed by atoms with van der Waals surface area (Å²) < 4.78 is 5.12. The first-order valence-electron chi connectivity index (χ1n) is 7.64. The number of methoxy groups -OCH3 is 1. The average molecular weight is 349 g/mol. The minimum Gasteiger partial charge on any atom is -0.497 e. The fourth-order valence-corrected chi connectivity index (χ4v) is 2.14. The summed E-state index contributed by atoms with van der Waals surface area (Å²) in [5, 5.41) is 3.82. The molecule has 3 aromatic rings. The highest BCUT2D eigenvalue weighted by molar-refractivity contribution is 5.93. The molecular formula is C18H15N5O3. The van der Waals surface area contributed by atoms with E-state index >= 15 is 0 Å². The minimum atomic E-state index is -0.506. The fourth-order valence-electron chi connectivity index (χ4n) is 2.14. The number of rotatable bonds is 5. The van der Waals surface area contributed by atoms with Gasteiger partial charge in [0.15, 0.2) is 0 Å². The average Bonchev–Trinajstić information content (AvgIpc) is 2.68. The second-order valence-electron chi connectivity index (χ2n) is 5.20. The first kappa shape index (κ1) is 17.0. The molecule has 8 heteroatoms. The molecule has 0 atom stereocenters. The number of ether oxygens (including phenoxy) is 1. The fraction of sp³-hybridized carbons (Fsp3) is 0.0556. The zero-order valence-corrected chi connectivity index (χ0v) is 13.8. The Labute approximate surface area is 148 Å². The highest BCUT2D eigenvalue weighted by atomic mass is 16.5. The number of nitrogens with zero attached hydrogens (tertiary/aromatic N) is 3. The zero-order chi connectivity index (χ0) is 18.4. The Bertz CT molecular complexity index is 996. The molecule has 2 aromatic heterocycles. The van der Waals surface area contributed by atoms with Crippen LogP contribution < -0.4 is 15.7 Å². The van der Waals surface area contributed by atoms with Crippen molar-refractivity contribution in [1.82, 2.24) is 20.4 Å². The van der Waals surface area contributed by atoms with Crippen molar-refractivity contribution in [2.24, 2.45) is 5.10 Å². The van der Waals surface area contributed by atoms with E-state index in [1.807, 2.05) is 12.1 Å². The lowest BCUT2D eigenvalue weighted by Gasteiger charge is -2.04. The Kier molecular flexibility index (Phi) is 5.14. The maximum atomic E-state index is 12.2. The van der Waals surface area contributed by atoms with E-state index < -0.39 is 5.91 Å². The van der Waals surface area contributed by atoms with Gasteiger partial charge in [-0.2, -0.15) is 5.10 Å². The predicted molar refractivity (Wildman–Crippen MR) is 96.1 cm³/mol. The van der Waals surface area contributed by atoms with Crippen molar-refractivity contribution >= 4 is 12.1 Å². The predicted octanol–water partition coefficient (Wildman–Crippen LogP) is 1.60. The molecule has 0 spiro atoms. The Hall–Kier alpha value is -3.81. The van der Waals surface area contributed by atoms with Gasteiger partial charge in [-0.05, 0) is 30.3 Å². The molecule has 0 saturated carbocycles. The van der Waals surface area contributed by atoms with E-state index in [0.717, 1.165) is 11.3 Å². The van der Waals surface area contributed by atoms with E-state index in [0.29, 0.717) is 11.3 Å². The van der Waals surface area contributed by atoms with E-state index in [1.54, 1.807) is 31.5 Å². The number of carbonyl (C=O) groups is 1. The smallest absolute Gasteiger partial charge is 0.291 e. The number of benzene rings is 1. The number of H-pyrrole nitrogens is 1. The van der Waals surface area contributed by atoms with Gasteiger partial charge in [-0.25, -0.2) is 10.4 Å². The van der Waals surface area contributed by atoms with Gasteiger partial charge in [0.05, 0.1) is 31.4 Å². The molecule has 0 aliphatic rings. The minimum absolute atomic E-state index is 0.126. The molecule has 0 unspecified atom stereocenters. The van der Waals surface area contributed by atoms with Crippen LogP contribution in [0.25, 0.3) is 11.3 Å².